The van der Waals surface area contributed by atoms with E-state index in [4.69, 9.17) is 9.72 Å². The van der Waals surface area contributed by atoms with Crippen molar-refractivity contribution in [2.45, 2.75) is 26.2 Å². The zero-order chi connectivity index (χ0) is 28.0. The second kappa shape index (κ2) is 9.75. The predicted molar refractivity (Wildman–Crippen MR) is 164 cm³/mol. The van der Waals surface area contributed by atoms with Crippen molar-refractivity contribution in [3.05, 3.63) is 127 Å². The number of benzene rings is 4. The van der Waals surface area contributed by atoms with Crippen LogP contribution in [-0.2, 0) is 5.41 Å². The van der Waals surface area contributed by atoms with E-state index in [1.165, 1.54) is 10.9 Å². The highest BCUT2D eigenvalue weighted by molar-refractivity contribution is 6.09. The van der Waals surface area contributed by atoms with Gasteiger partial charge in [0.1, 0.15) is 23.6 Å². The van der Waals surface area contributed by atoms with Crippen LogP contribution in [0, 0.1) is 0 Å². The molecule has 0 saturated heterocycles. The van der Waals surface area contributed by atoms with Crippen LogP contribution in [0.15, 0.2) is 122 Å². The zero-order valence-electron chi connectivity index (χ0n) is 23.2. The van der Waals surface area contributed by atoms with Gasteiger partial charge in [0, 0.05) is 34.7 Å². The second-order valence-electron chi connectivity index (χ2n) is 11.2. The van der Waals surface area contributed by atoms with Gasteiger partial charge in [0.05, 0.1) is 16.7 Å². The van der Waals surface area contributed by atoms with Crippen molar-refractivity contribution in [1.29, 1.82) is 0 Å². The number of para-hydroxylation sites is 1. The number of aromatic nitrogens is 5. The second-order valence-corrected chi connectivity index (χ2v) is 11.2. The van der Waals surface area contributed by atoms with Crippen molar-refractivity contribution in [3.8, 4) is 34.4 Å². The van der Waals surface area contributed by atoms with Crippen LogP contribution in [0.5, 0.6) is 11.5 Å². The van der Waals surface area contributed by atoms with E-state index in [1.54, 1.807) is 6.33 Å². The summed E-state index contributed by atoms with van der Waals surface area (Å²) in [5.74, 6) is 3.14. The molecule has 0 aliphatic carbocycles. The molecule has 0 bridgehead atoms. The van der Waals surface area contributed by atoms with E-state index < -0.39 is 0 Å². The highest BCUT2D eigenvalue weighted by Gasteiger charge is 2.18. The third-order valence-corrected chi connectivity index (χ3v) is 7.40. The summed E-state index contributed by atoms with van der Waals surface area (Å²) in [7, 11) is 0. The molecule has 7 aromatic rings. The standard InChI is InChI=1S/C35H29N5O/c1-35(2,3)25-18-19-36-33(20-25)40-31-15-8-7-14-29(31)30-17-16-28(22-32(30)40)41-27-13-9-12-26(21-27)39-23-37-38-34(39)24-10-5-4-6-11-24/h4-23H,1-3H3. The molecule has 3 aromatic heterocycles. The van der Waals surface area contributed by atoms with Crippen molar-refractivity contribution in [2.75, 3.05) is 0 Å². The minimum Gasteiger partial charge on any atom is -0.457 e. The Hall–Kier alpha value is -5.23. The number of hydrogen-bond donors (Lipinski definition) is 0. The molecule has 41 heavy (non-hydrogen) atoms. The monoisotopic (exact) mass is 535 g/mol. The van der Waals surface area contributed by atoms with Crippen LogP contribution >= 0.6 is 0 Å². The van der Waals surface area contributed by atoms with Gasteiger partial charge in [0.15, 0.2) is 5.82 Å². The van der Waals surface area contributed by atoms with E-state index in [0.717, 1.165) is 50.8 Å². The SMILES string of the molecule is CC(C)(C)c1ccnc(-n2c3ccccc3c3ccc(Oc4cccc(-n5cnnc5-c5ccccc5)c4)cc32)c1. The van der Waals surface area contributed by atoms with Crippen LogP contribution in [0.1, 0.15) is 26.3 Å². The fourth-order valence-corrected chi connectivity index (χ4v) is 5.31. The molecule has 0 spiro atoms. The summed E-state index contributed by atoms with van der Waals surface area (Å²) in [6.45, 7) is 6.67. The molecule has 0 N–H and O–H groups in total. The van der Waals surface area contributed by atoms with Gasteiger partial charge in [-0.3, -0.25) is 9.13 Å². The number of hydrogen-bond acceptors (Lipinski definition) is 4. The Labute approximate surface area is 238 Å². The normalized spacial score (nSPS) is 11.8. The fraction of sp³-hybridized carbons (Fsp3) is 0.114. The zero-order valence-corrected chi connectivity index (χ0v) is 23.2. The third-order valence-electron chi connectivity index (χ3n) is 7.40. The number of rotatable bonds is 5. The summed E-state index contributed by atoms with van der Waals surface area (Å²) >= 11 is 0. The van der Waals surface area contributed by atoms with Crippen LogP contribution < -0.4 is 4.74 Å². The molecule has 0 unspecified atom stereocenters. The number of nitrogens with zero attached hydrogens (tertiary/aromatic N) is 5. The topological polar surface area (TPSA) is 57.8 Å². The lowest BCUT2D eigenvalue weighted by molar-refractivity contribution is 0.483. The Balaban J connectivity index is 1.30. The Bertz CT molecular complexity index is 2010. The van der Waals surface area contributed by atoms with Gasteiger partial charge in [-0.2, -0.15) is 0 Å². The lowest BCUT2D eigenvalue weighted by Crippen LogP contribution is -2.12. The lowest BCUT2D eigenvalue weighted by atomic mass is 9.88. The summed E-state index contributed by atoms with van der Waals surface area (Å²) < 4.78 is 10.6. The van der Waals surface area contributed by atoms with Crippen LogP contribution in [0.4, 0.5) is 0 Å². The quantitative estimate of drug-likeness (QED) is 0.222. The first-order valence-corrected chi connectivity index (χ1v) is 13.7. The van der Waals surface area contributed by atoms with Gasteiger partial charge in [-0.1, -0.05) is 75.4 Å². The molecule has 0 fully saturated rings. The van der Waals surface area contributed by atoms with Gasteiger partial charge in [0.2, 0.25) is 0 Å². The molecule has 0 atom stereocenters. The van der Waals surface area contributed by atoms with E-state index in [0.29, 0.717) is 0 Å². The average molecular weight is 536 g/mol. The number of fused-ring (bicyclic) bond motifs is 3. The Morgan fingerprint density at radius 2 is 1.46 bits per heavy atom. The fourth-order valence-electron chi connectivity index (χ4n) is 5.31. The Morgan fingerprint density at radius 3 is 2.32 bits per heavy atom. The predicted octanol–water partition coefficient (Wildman–Crippen LogP) is 8.52. The summed E-state index contributed by atoms with van der Waals surface area (Å²) in [5.41, 5.74) is 5.33. The minimum atomic E-state index is 0.0148. The van der Waals surface area contributed by atoms with Gasteiger partial charge < -0.3 is 4.74 Å². The summed E-state index contributed by atoms with van der Waals surface area (Å²) in [4.78, 5) is 4.79. The third kappa shape index (κ3) is 4.53. The first kappa shape index (κ1) is 24.8. The van der Waals surface area contributed by atoms with Crippen LogP contribution in [0.2, 0.25) is 0 Å². The molecule has 3 heterocycles. The highest BCUT2D eigenvalue weighted by Crippen LogP contribution is 2.36. The van der Waals surface area contributed by atoms with Crippen molar-refractivity contribution < 1.29 is 4.74 Å². The molecule has 0 radical (unpaired) electrons. The molecule has 4 aromatic carbocycles. The van der Waals surface area contributed by atoms with Crippen LogP contribution in [0.3, 0.4) is 0 Å². The molecule has 0 saturated carbocycles. The molecular weight excluding hydrogens is 506 g/mol. The van der Waals surface area contributed by atoms with Crippen molar-refractivity contribution in [3.63, 3.8) is 0 Å². The summed E-state index contributed by atoms with van der Waals surface area (Å²) in [6, 6.07) is 37.0. The van der Waals surface area contributed by atoms with Gasteiger partial charge in [0.25, 0.3) is 0 Å². The lowest BCUT2D eigenvalue weighted by Gasteiger charge is -2.20. The number of pyridine rings is 1. The highest BCUT2D eigenvalue weighted by atomic mass is 16.5. The van der Waals surface area contributed by atoms with E-state index in [1.807, 2.05) is 71.4 Å². The van der Waals surface area contributed by atoms with Gasteiger partial charge in [-0.05, 0) is 53.4 Å². The number of ether oxygens (including phenoxy) is 1. The van der Waals surface area contributed by atoms with Crippen molar-refractivity contribution >= 4 is 21.8 Å². The molecule has 0 aliphatic rings. The molecular formula is C35H29N5O. The minimum absolute atomic E-state index is 0.0148. The van der Waals surface area contributed by atoms with Crippen molar-refractivity contribution in [2.24, 2.45) is 0 Å². The first-order chi connectivity index (χ1) is 20.0. The maximum absolute atomic E-state index is 6.45. The maximum atomic E-state index is 6.45. The first-order valence-electron chi connectivity index (χ1n) is 13.7. The summed E-state index contributed by atoms with van der Waals surface area (Å²) in [5, 5.41) is 10.9. The van der Waals surface area contributed by atoms with E-state index in [-0.39, 0.29) is 5.41 Å². The van der Waals surface area contributed by atoms with Crippen molar-refractivity contribution in [1.82, 2.24) is 24.3 Å². The molecule has 6 nitrogen and oxygen atoms in total. The molecule has 7 rings (SSSR count). The van der Waals surface area contributed by atoms with E-state index in [9.17, 15) is 0 Å². The van der Waals surface area contributed by atoms with Crippen LogP contribution in [-0.4, -0.2) is 24.3 Å². The smallest absolute Gasteiger partial charge is 0.168 e. The van der Waals surface area contributed by atoms with Gasteiger partial charge >= 0.3 is 0 Å². The van der Waals surface area contributed by atoms with Gasteiger partial charge in [-0.15, -0.1) is 10.2 Å². The maximum Gasteiger partial charge on any atom is 0.168 e. The largest absolute Gasteiger partial charge is 0.457 e. The Kier molecular flexibility index (Phi) is 5.89. The molecule has 0 amide bonds. The van der Waals surface area contributed by atoms with Crippen LogP contribution in [0.25, 0.3) is 44.7 Å². The van der Waals surface area contributed by atoms with E-state index >= 15 is 0 Å². The van der Waals surface area contributed by atoms with Gasteiger partial charge in [-0.25, -0.2) is 4.98 Å². The average Bonchev–Trinajstić information content (AvgIpc) is 3.61. The molecule has 200 valence electrons. The Morgan fingerprint density at radius 1 is 0.683 bits per heavy atom. The summed E-state index contributed by atoms with van der Waals surface area (Å²) in [6.07, 6.45) is 3.63. The van der Waals surface area contributed by atoms with E-state index in [2.05, 4.69) is 84.1 Å². The molecule has 6 heteroatoms. The molecule has 0 aliphatic heterocycles.